The molecule has 1 saturated heterocycles. The third kappa shape index (κ3) is 3.77. The van der Waals surface area contributed by atoms with E-state index >= 15 is 0 Å². The van der Waals surface area contributed by atoms with Gasteiger partial charge in [0.25, 0.3) is 0 Å². The van der Waals surface area contributed by atoms with Crippen molar-refractivity contribution in [1.82, 2.24) is 4.90 Å². The second-order valence-corrected chi connectivity index (χ2v) is 7.59. The van der Waals surface area contributed by atoms with Crippen LogP contribution in [0.5, 0.6) is 5.75 Å². The van der Waals surface area contributed by atoms with Crippen LogP contribution in [0.15, 0.2) is 48.5 Å². The quantitative estimate of drug-likeness (QED) is 0.609. The summed E-state index contributed by atoms with van der Waals surface area (Å²) in [5, 5.41) is 27.5. The molecule has 29 heavy (non-hydrogen) atoms. The Bertz CT molecular complexity index is 987. The van der Waals surface area contributed by atoms with Gasteiger partial charge in [0.15, 0.2) is 0 Å². The van der Waals surface area contributed by atoms with Crippen molar-refractivity contribution < 1.29 is 19.6 Å². The van der Waals surface area contributed by atoms with Gasteiger partial charge in [0.1, 0.15) is 5.75 Å². The molecule has 2 aromatic carbocycles. The molecular weight excluding hydrogens is 367 g/mol. The van der Waals surface area contributed by atoms with Gasteiger partial charge < -0.3 is 19.7 Å². The first-order valence-electron chi connectivity index (χ1n) is 9.61. The molecule has 2 aliphatic heterocycles. The standard InChI is InChI=1S/C22H21BN2O4/c24-14-17-3-7-20-19(13-17)22(15-29-20)9-11-25(12-10-22)21(26)8-4-16-1-5-18(6-2-16)23(27)28/h1-8,13,27-28H,9-12,15H2/b8-4+. The van der Waals surface area contributed by atoms with E-state index in [-0.39, 0.29) is 11.3 Å². The van der Waals surface area contributed by atoms with Crippen LogP contribution in [0.1, 0.15) is 29.5 Å². The molecule has 6 nitrogen and oxygen atoms in total. The molecule has 0 atom stereocenters. The summed E-state index contributed by atoms with van der Waals surface area (Å²) in [6.07, 6.45) is 4.89. The molecule has 146 valence electrons. The van der Waals surface area contributed by atoms with Crippen LogP contribution in [0.2, 0.25) is 0 Å². The summed E-state index contributed by atoms with van der Waals surface area (Å²) in [6.45, 7) is 1.87. The maximum atomic E-state index is 12.6. The van der Waals surface area contributed by atoms with E-state index in [0.717, 1.165) is 29.7 Å². The molecule has 2 N–H and O–H groups in total. The largest absolute Gasteiger partial charge is 0.492 e. The molecule has 0 unspecified atom stereocenters. The van der Waals surface area contributed by atoms with E-state index in [1.165, 1.54) is 0 Å². The number of amides is 1. The third-order valence-corrected chi connectivity index (χ3v) is 5.87. The zero-order chi connectivity index (χ0) is 20.4. The highest BCUT2D eigenvalue weighted by Gasteiger charge is 2.43. The summed E-state index contributed by atoms with van der Waals surface area (Å²) in [7, 11) is -1.50. The number of nitriles is 1. The van der Waals surface area contributed by atoms with Crippen LogP contribution in [0.4, 0.5) is 0 Å². The second-order valence-electron chi connectivity index (χ2n) is 7.59. The van der Waals surface area contributed by atoms with E-state index in [2.05, 4.69) is 6.07 Å². The Balaban J connectivity index is 1.40. The molecule has 2 heterocycles. The van der Waals surface area contributed by atoms with Crippen molar-refractivity contribution in [3.8, 4) is 11.8 Å². The number of hydrogen-bond acceptors (Lipinski definition) is 5. The van der Waals surface area contributed by atoms with E-state index in [1.54, 1.807) is 42.5 Å². The summed E-state index contributed by atoms with van der Waals surface area (Å²) in [5.74, 6) is 0.802. The third-order valence-electron chi connectivity index (χ3n) is 5.87. The van der Waals surface area contributed by atoms with E-state index in [4.69, 9.17) is 14.8 Å². The molecule has 0 aliphatic carbocycles. The van der Waals surface area contributed by atoms with Gasteiger partial charge in [-0.05, 0) is 48.1 Å². The average molecular weight is 388 g/mol. The lowest BCUT2D eigenvalue weighted by molar-refractivity contribution is -0.127. The number of carbonyl (C=O) groups is 1. The summed E-state index contributed by atoms with van der Waals surface area (Å²) in [5.41, 5.74) is 2.83. The number of rotatable bonds is 3. The van der Waals surface area contributed by atoms with Crippen molar-refractivity contribution in [1.29, 1.82) is 5.26 Å². The van der Waals surface area contributed by atoms with Crippen LogP contribution in [0, 0.1) is 11.3 Å². The van der Waals surface area contributed by atoms with Crippen molar-refractivity contribution in [3.05, 3.63) is 65.2 Å². The summed E-state index contributed by atoms with van der Waals surface area (Å²) < 4.78 is 5.86. The van der Waals surface area contributed by atoms with Gasteiger partial charge in [0.2, 0.25) is 5.91 Å². The Kier molecular flexibility index (Phi) is 5.14. The van der Waals surface area contributed by atoms with Crippen molar-refractivity contribution in [2.45, 2.75) is 18.3 Å². The number of likely N-dealkylation sites (tertiary alicyclic amines) is 1. The van der Waals surface area contributed by atoms with Gasteiger partial charge in [0.05, 0.1) is 18.2 Å². The predicted octanol–water partition coefficient (Wildman–Crippen LogP) is 1.20. The highest BCUT2D eigenvalue weighted by molar-refractivity contribution is 6.58. The monoisotopic (exact) mass is 388 g/mol. The predicted molar refractivity (Wildman–Crippen MR) is 109 cm³/mol. The first kappa shape index (κ1) is 19.3. The molecule has 1 amide bonds. The normalized spacial score (nSPS) is 17.1. The number of benzene rings is 2. The van der Waals surface area contributed by atoms with Gasteiger partial charge in [-0.25, -0.2) is 0 Å². The Hall–Kier alpha value is -3.08. The first-order valence-corrected chi connectivity index (χ1v) is 9.61. The Morgan fingerprint density at radius 1 is 1.17 bits per heavy atom. The molecule has 0 bridgehead atoms. The number of ether oxygens (including phenoxy) is 1. The topological polar surface area (TPSA) is 93.8 Å². The molecule has 0 radical (unpaired) electrons. The minimum atomic E-state index is -1.50. The zero-order valence-electron chi connectivity index (χ0n) is 15.9. The Morgan fingerprint density at radius 3 is 2.55 bits per heavy atom. The molecular formula is C22H21BN2O4. The van der Waals surface area contributed by atoms with E-state index in [9.17, 15) is 10.1 Å². The van der Waals surface area contributed by atoms with Gasteiger partial charge in [-0.1, -0.05) is 24.3 Å². The molecule has 7 heteroatoms. The van der Waals surface area contributed by atoms with Gasteiger partial charge in [-0.15, -0.1) is 0 Å². The maximum Gasteiger partial charge on any atom is 0.488 e. The maximum absolute atomic E-state index is 12.6. The molecule has 0 aromatic heterocycles. The summed E-state index contributed by atoms with van der Waals surface area (Å²) in [4.78, 5) is 14.4. The Morgan fingerprint density at radius 2 is 1.90 bits per heavy atom. The molecule has 1 spiro atoms. The average Bonchev–Trinajstić information content (AvgIpc) is 3.10. The van der Waals surface area contributed by atoms with Crippen LogP contribution in [-0.2, 0) is 10.2 Å². The van der Waals surface area contributed by atoms with E-state index < -0.39 is 7.12 Å². The molecule has 1 fully saturated rings. The van der Waals surface area contributed by atoms with Gasteiger partial charge in [-0.2, -0.15) is 5.26 Å². The molecule has 2 aliphatic rings. The number of carbonyl (C=O) groups excluding carboxylic acids is 1. The number of piperidine rings is 1. The van der Waals surface area contributed by atoms with Crippen molar-refractivity contribution in [3.63, 3.8) is 0 Å². The van der Waals surface area contributed by atoms with Crippen LogP contribution >= 0.6 is 0 Å². The van der Waals surface area contributed by atoms with Crippen molar-refractivity contribution >= 4 is 24.6 Å². The SMILES string of the molecule is N#Cc1ccc2c(c1)C1(CCN(C(=O)/C=C/c3ccc(B(O)O)cc3)CC1)CO2. The van der Waals surface area contributed by atoms with Gasteiger partial charge >= 0.3 is 7.12 Å². The van der Waals surface area contributed by atoms with Gasteiger partial charge in [-0.3, -0.25) is 4.79 Å². The van der Waals surface area contributed by atoms with Crippen molar-refractivity contribution in [2.24, 2.45) is 0 Å². The fourth-order valence-corrected chi connectivity index (χ4v) is 4.05. The summed E-state index contributed by atoms with van der Waals surface area (Å²) in [6, 6.07) is 14.5. The smallest absolute Gasteiger partial charge is 0.488 e. The van der Waals surface area contributed by atoms with Gasteiger partial charge in [0, 0.05) is 30.1 Å². The van der Waals surface area contributed by atoms with Crippen LogP contribution in [0.25, 0.3) is 6.08 Å². The number of fused-ring (bicyclic) bond motifs is 2. The highest BCUT2D eigenvalue weighted by atomic mass is 16.5. The molecule has 0 saturated carbocycles. The van der Waals surface area contributed by atoms with Crippen LogP contribution in [0.3, 0.4) is 0 Å². The lowest BCUT2D eigenvalue weighted by Gasteiger charge is -2.38. The first-order chi connectivity index (χ1) is 14.0. The fourth-order valence-electron chi connectivity index (χ4n) is 4.05. The Labute approximate surface area is 169 Å². The van der Waals surface area contributed by atoms with Crippen LogP contribution < -0.4 is 10.2 Å². The molecule has 2 aromatic rings. The van der Waals surface area contributed by atoms with E-state index in [1.807, 2.05) is 17.0 Å². The minimum absolute atomic E-state index is 0.0453. The zero-order valence-corrected chi connectivity index (χ0v) is 15.9. The van der Waals surface area contributed by atoms with Crippen LogP contribution in [-0.4, -0.2) is 47.7 Å². The minimum Gasteiger partial charge on any atom is -0.492 e. The molecule has 4 rings (SSSR count). The number of hydrogen-bond donors (Lipinski definition) is 2. The van der Waals surface area contributed by atoms with E-state index in [0.29, 0.717) is 30.7 Å². The second kappa shape index (κ2) is 7.74. The highest BCUT2D eigenvalue weighted by Crippen LogP contribution is 2.45. The lowest BCUT2D eigenvalue weighted by atomic mass is 9.74. The number of nitrogens with zero attached hydrogens (tertiary/aromatic N) is 2. The fraction of sp³-hybridized carbons (Fsp3) is 0.273. The summed E-state index contributed by atoms with van der Waals surface area (Å²) >= 11 is 0. The van der Waals surface area contributed by atoms with Crippen molar-refractivity contribution in [2.75, 3.05) is 19.7 Å². The lowest BCUT2D eigenvalue weighted by Crippen LogP contribution is -2.45.